The first kappa shape index (κ1) is 21.2. The minimum atomic E-state index is -0.733. The summed E-state index contributed by atoms with van der Waals surface area (Å²) in [7, 11) is 0. The maximum atomic E-state index is 12.5. The lowest BCUT2D eigenvalue weighted by molar-refractivity contribution is -0.125. The van der Waals surface area contributed by atoms with Gasteiger partial charge in [0.1, 0.15) is 5.75 Å². The quantitative estimate of drug-likeness (QED) is 0.588. The molecule has 2 unspecified atom stereocenters. The summed E-state index contributed by atoms with van der Waals surface area (Å²) < 4.78 is 5.68. The van der Waals surface area contributed by atoms with Crippen LogP contribution in [-0.2, 0) is 4.79 Å². The lowest BCUT2D eigenvalue weighted by Gasteiger charge is -2.59. The van der Waals surface area contributed by atoms with E-state index in [9.17, 15) is 4.79 Å². The number of ether oxygens (including phenoxy) is 1. The molecule has 4 aliphatic rings. The summed E-state index contributed by atoms with van der Waals surface area (Å²) >= 11 is 17.5. The van der Waals surface area contributed by atoms with E-state index >= 15 is 0 Å². The van der Waals surface area contributed by atoms with Crippen LogP contribution in [-0.4, -0.2) is 23.2 Å². The van der Waals surface area contributed by atoms with Crippen molar-refractivity contribution in [1.29, 1.82) is 0 Å². The molecule has 0 saturated heterocycles. The van der Waals surface area contributed by atoms with E-state index in [0.29, 0.717) is 26.3 Å². The fourth-order valence-electron chi connectivity index (χ4n) is 6.12. The van der Waals surface area contributed by atoms with Crippen LogP contribution in [0.1, 0.15) is 52.4 Å². The molecular weight excluding hydrogens is 427 g/mol. The Labute approximate surface area is 188 Å². The van der Waals surface area contributed by atoms with Crippen LogP contribution in [0.3, 0.4) is 0 Å². The van der Waals surface area contributed by atoms with E-state index in [-0.39, 0.29) is 11.9 Å². The van der Waals surface area contributed by atoms with Crippen LogP contribution < -0.4 is 15.4 Å². The Kier molecular flexibility index (Phi) is 6.02. The lowest BCUT2D eigenvalue weighted by atomic mass is 9.48. The molecule has 1 aromatic rings. The van der Waals surface area contributed by atoms with Gasteiger partial charge in [0.2, 0.25) is 0 Å². The van der Waals surface area contributed by atoms with Gasteiger partial charge in [-0.1, -0.05) is 23.2 Å². The van der Waals surface area contributed by atoms with Gasteiger partial charge in [0.05, 0.1) is 5.02 Å². The van der Waals surface area contributed by atoms with Crippen molar-refractivity contribution in [2.24, 2.45) is 23.2 Å². The molecular formula is C22H28Cl2N2O2S. The zero-order valence-electron chi connectivity index (χ0n) is 16.8. The maximum Gasteiger partial charge on any atom is 0.266 e. The number of halogens is 2. The Morgan fingerprint density at radius 2 is 1.72 bits per heavy atom. The monoisotopic (exact) mass is 454 g/mol. The molecule has 29 heavy (non-hydrogen) atoms. The van der Waals surface area contributed by atoms with Gasteiger partial charge in [-0.3, -0.25) is 10.1 Å². The highest BCUT2D eigenvalue weighted by Gasteiger charge is 2.53. The van der Waals surface area contributed by atoms with Gasteiger partial charge >= 0.3 is 0 Å². The summed E-state index contributed by atoms with van der Waals surface area (Å²) in [4.78, 5) is 12.5. The topological polar surface area (TPSA) is 50.4 Å². The zero-order valence-corrected chi connectivity index (χ0v) is 19.2. The second-order valence-corrected chi connectivity index (χ2v) is 10.6. The minimum absolute atomic E-state index is 0.255. The summed E-state index contributed by atoms with van der Waals surface area (Å²) in [6.07, 6.45) is 7.37. The molecule has 2 atom stereocenters. The Balaban J connectivity index is 1.31. The first-order valence-corrected chi connectivity index (χ1v) is 11.6. The van der Waals surface area contributed by atoms with E-state index in [2.05, 4.69) is 17.6 Å². The molecule has 5 rings (SSSR count). The molecule has 0 heterocycles. The number of thiocarbonyl (C=S) groups is 1. The number of carbonyl (C=O) groups excluding carboxylic acids is 1. The first-order valence-electron chi connectivity index (χ1n) is 10.5. The summed E-state index contributed by atoms with van der Waals surface area (Å²) in [6.45, 7) is 3.89. The van der Waals surface area contributed by atoms with Crippen molar-refractivity contribution in [2.45, 2.75) is 64.5 Å². The Morgan fingerprint density at radius 3 is 2.28 bits per heavy atom. The summed E-state index contributed by atoms with van der Waals surface area (Å²) in [5.41, 5.74) is 0.322. The van der Waals surface area contributed by atoms with Crippen LogP contribution in [0.4, 0.5) is 0 Å². The largest absolute Gasteiger partial charge is 0.479 e. The van der Waals surface area contributed by atoms with Crippen LogP contribution in [0.5, 0.6) is 5.75 Å². The normalized spacial score (nSPS) is 31.8. The highest BCUT2D eigenvalue weighted by molar-refractivity contribution is 7.80. The summed E-state index contributed by atoms with van der Waals surface area (Å²) in [6, 6.07) is 5.17. The fraction of sp³-hybridized carbons (Fsp3) is 0.636. The van der Waals surface area contributed by atoms with Gasteiger partial charge in [0, 0.05) is 11.1 Å². The van der Waals surface area contributed by atoms with E-state index in [1.54, 1.807) is 25.1 Å². The van der Waals surface area contributed by atoms with Crippen LogP contribution in [0, 0.1) is 23.2 Å². The molecule has 7 heteroatoms. The van der Waals surface area contributed by atoms with E-state index in [1.807, 2.05) is 0 Å². The van der Waals surface area contributed by atoms with Crippen molar-refractivity contribution in [2.75, 3.05) is 0 Å². The van der Waals surface area contributed by atoms with Crippen LogP contribution in [0.25, 0.3) is 0 Å². The van der Waals surface area contributed by atoms with Gasteiger partial charge in [0.15, 0.2) is 11.2 Å². The minimum Gasteiger partial charge on any atom is -0.479 e. The molecule has 4 fully saturated rings. The molecule has 1 amide bonds. The van der Waals surface area contributed by atoms with Crippen LogP contribution >= 0.6 is 35.4 Å². The maximum absolute atomic E-state index is 12.5. The van der Waals surface area contributed by atoms with Gasteiger partial charge in [0.25, 0.3) is 5.91 Å². The molecule has 4 saturated carbocycles. The fourth-order valence-corrected chi connectivity index (χ4v) is 6.85. The second-order valence-electron chi connectivity index (χ2n) is 9.30. The smallest absolute Gasteiger partial charge is 0.266 e. The third-order valence-electron chi connectivity index (χ3n) is 7.16. The molecule has 0 radical (unpaired) electrons. The molecule has 4 aliphatic carbocycles. The predicted molar refractivity (Wildman–Crippen MR) is 120 cm³/mol. The van der Waals surface area contributed by atoms with Crippen molar-refractivity contribution in [3.63, 3.8) is 0 Å². The standard InChI is InChI=1S/C22H28Cl2N2O2S/c1-12(28-19-4-3-17(23)8-18(19)24)20(27)26-21(29)25-13(2)22-9-14-5-15(10-22)7-16(6-14)11-22/h3-4,8,12-16H,5-7,9-11H2,1-2H3,(H2,25,26,27,29). The molecule has 4 nitrogen and oxygen atoms in total. The second kappa shape index (κ2) is 8.24. The third kappa shape index (κ3) is 4.52. The summed E-state index contributed by atoms with van der Waals surface area (Å²) in [5, 5.41) is 7.44. The molecule has 4 bridgehead atoms. The van der Waals surface area contributed by atoms with Gasteiger partial charge in [-0.25, -0.2) is 0 Å². The summed E-state index contributed by atoms with van der Waals surface area (Å²) in [5.74, 6) is 2.76. The first-order chi connectivity index (χ1) is 13.7. The number of carbonyl (C=O) groups is 1. The van der Waals surface area contributed by atoms with Crippen LogP contribution in [0.15, 0.2) is 18.2 Å². The highest BCUT2D eigenvalue weighted by Crippen LogP contribution is 2.61. The van der Waals surface area contributed by atoms with Crippen molar-refractivity contribution >= 4 is 46.4 Å². The van der Waals surface area contributed by atoms with Gasteiger partial charge in [-0.05, 0) is 106 Å². The number of hydrogen-bond acceptors (Lipinski definition) is 3. The SMILES string of the molecule is CC(Oc1ccc(Cl)cc1Cl)C(=O)NC(=S)NC(C)C12CC3CC(CC(C3)C1)C2. The number of hydrogen-bond donors (Lipinski definition) is 2. The van der Waals surface area contributed by atoms with Crippen molar-refractivity contribution in [3.05, 3.63) is 28.2 Å². The van der Waals surface area contributed by atoms with E-state index < -0.39 is 6.10 Å². The molecule has 2 N–H and O–H groups in total. The number of amides is 1. The molecule has 0 aliphatic heterocycles. The Hall–Kier alpha value is -1.04. The van der Waals surface area contributed by atoms with Crippen molar-refractivity contribution < 1.29 is 9.53 Å². The predicted octanol–water partition coefficient (Wildman–Crippen LogP) is 5.36. The van der Waals surface area contributed by atoms with Gasteiger partial charge < -0.3 is 10.1 Å². The molecule has 0 aromatic heterocycles. The van der Waals surface area contributed by atoms with E-state index in [1.165, 1.54) is 38.5 Å². The molecule has 1 aromatic carbocycles. The van der Waals surface area contributed by atoms with E-state index in [0.717, 1.165) is 17.8 Å². The lowest BCUT2D eigenvalue weighted by Crippen LogP contribution is -2.58. The van der Waals surface area contributed by atoms with Gasteiger partial charge in [-0.15, -0.1) is 0 Å². The third-order valence-corrected chi connectivity index (χ3v) is 7.91. The van der Waals surface area contributed by atoms with Crippen LogP contribution in [0.2, 0.25) is 10.0 Å². The molecule has 158 valence electrons. The van der Waals surface area contributed by atoms with Crippen molar-refractivity contribution in [1.82, 2.24) is 10.6 Å². The van der Waals surface area contributed by atoms with Gasteiger partial charge in [-0.2, -0.15) is 0 Å². The average molecular weight is 455 g/mol. The number of rotatable bonds is 5. The molecule has 0 spiro atoms. The number of benzene rings is 1. The Morgan fingerprint density at radius 1 is 1.14 bits per heavy atom. The number of nitrogens with one attached hydrogen (secondary N) is 2. The zero-order chi connectivity index (χ0) is 20.8. The highest BCUT2D eigenvalue weighted by atomic mass is 35.5. The average Bonchev–Trinajstić information content (AvgIpc) is 2.62. The van der Waals surface area contributed by atoms with E-state index in [4.69, 9.17) is 40.2 Å². The van der Waals surface area contributed by atoms with Crippen molar-refractivity contribution in [3.8, 4) is 5.75 Å². The Bertz CT molecular complexity index is 781.